The number of ketones is 1. The third-order valence-electron chi connectivity index (χ3n) is 4.04. The first-order chi connectivity index (χ1) is 12.0. The quantitative estimate of drug-likeness (QED) is 0.601. The molecule has 1 heterocycles. The maximum atomic E-state index is 12.5. The predicted octanol–water partition coefficient (Wildman–Crippen LogP) is 4.28. The first kappa shape index (κ1) is 20.7. The summed E-state index contributed by atoms with van der Waals surface area (Å²) in [6.45, 7) is 8.80. The van der Waals surface area contributed by atoms with Crippen LogP contribution in [0.1, 0.15) is 50.9 Å². The number of aromatic nitrogens is 1. The topological polar surface area (TPSA) is 62.4 Å². The van der Waals surface area contributed by atoms with E-state index in [4.69, 9.17) is 4.74 Å². The first-order valence-electron chi connectivity index (χ1n) is 8.92. The van der Waals surface area contributed by atoms with E-state index in [0.29, 0.717) is 23.8 Å². The Balaban J connectivity index is 0.00000151. The molecule has 0 saturated heterocycles. The summed E-state index contributed by atoms with van der Waals surface area (Å²) in [5, 5.41) is 0.735. The van der Waals surface area contributed by atoms with Crippen LogP contribution in [0.3, 0.4) is 0 Å². The molecule has 2 rings (SSSR count). The second kappa shape index (κ2) is 9.87. The molecule has 0 fully saturated rings. The van der Waals surface area contributed by atoms with Gasteiger partial charge in [0.15, 0.2) is 0 Å². The molecule has 1 atom stereocenters. The van der Waals surface area contributed by atoms with Crippen LogP contribution >= 0.6 is 0 Å². The van der Waals surface area contributed by atoms with E-state index < -0.39 is 11.7 Å². The normalized spacial score (nSPS) is 11.4. The lowest BCUT2D eigenvalue weighted by Gasteiger charge is -2.20. The summed E-state index contributed by atoms with van der Waals surface area (Å²) >= 11 is 0. The molecule has 1 aromatic carbocycles. The van der Waals surface area contributed by atoms with Crippen LogP contribution in [0.5, 0.6) is 5.75 Å². The van der Waals surface area contributed by atoms with Crippen LogP contribution < -0.4 is 4.74 Å². The number of likely N-dealkylation sites (N-methyl/N-ethyl adjacent to an activating group) is 1. The molecular formula is C20H30N2O3. The fourth-order valence-electron chi connectivity index (χ4n) is 2.84. The molecule has 1 unspecified atom stereocenters. The number of nitrogens with zero attached hydrogens (tertiary/aromatic N) is 1. The Bertz CT molecular complexity index is 706. The van der Waals surface area contributed by atoms with Crippen molar-refractivity contribution >= 4 is 22.6 Å². The Morgan fingerprint density at radius 2 is 1.96 bits per heavy atom. The van der Waals surface area contributed by atoms with E-state index in [-0.39, 0.29) is 0 Å². The molecule has 0 aliphatic carbocycles. The maximum Gasteiger partial charge on any atom is 0.294 e. The highest BCUT2D eigenvalue weighted by molar-refractivity contribution is 6.44. The van der Waals surface area contributed by atoms with E-state index in [0.717, 1.165) is 23.7 Å². The minimum absolute atomic E-state index is 0.383. The zero-order chi connectivity index (χ0) is 19.0. The van der Waals surface area contributed by atoms with Gasteiger partial charge in [0.2, 0.25) is 0 Å². The number of carbonyl (C=O) groups excluding carboxylic acids is 2. The molecule has 0 aliphatic heterocycles. The fourth-order valence-corrected chi connectivity index (χ4v) is 2.84. The van der Waals surface area contributed by atoms with Crippen LogP contribution in [0.15, 0.2) is 24.4 Å². The van der Waals surface area contributed by atoms with Crippen LogP contribution in [0.2, 0.25) is 0 Å². The van der Waals surface area contributed by atoms with Gasteiger partial charge in [0.1, 0.15) is 5.75 Å². The number of hydrogen-bond donors (Lipinski definition) is 1. The Morgan fingerprint density at radius 1 is 1.28 bits per heavy atom. The van der Waals surface area contributed by atoms with Crippen LogP contribution in [-0.4, -0.2) is 42.3 Å². The van der Waals surface area contributed by atoms with Gasteiger partial charge in [-0.05, 0) is 24.5 Å². The molecule has 138 valence electrons. The van der Waals surface area contributed by atoms with E-state index in [9.17, 15) is 9.59 Å². The minimum atomic E-state index is -0.479. The molecule has 25 heavy (non-hydrogen) atoms. The van der Waals surface area contributed by atoms with Crippen LogP contribution in [0.25, 0.3) is 10.9 Å². The van der Waals surface area contributed by atoms with Crippen molar-refractivity contribution in [3.63, 3.8) is 0 Å². The van der Waals surface area contributed by atoms with Crippen LogP contribution in [-0.2, 0) is 4.79 Å². The van der Waals surface area contributed by atoms with Gasteiger partial charge in [0.05, 0.1) is 12.7 Å². The smallest absolute Gasteiger partial charge is 0.294 e. The molecule has 0 bridgehead atoms. The van der Waals surface area contributed by atoms with Gasteiger partial charge < -0.3 is 14.6 Å². The second-order valence-electron chi connectivity index (χ2n) is 6.02. The number of H-pyrrole nitrogens is 1. The third kappa shape index (κ3) is 5.08. The van der Waals surface area contributed by atoms with Crippen molar-refractivity contribution in [3.05, 3.63) is 30.0 Å². The highest BCUT2D eigenvalue weighted by atomic mass is 16.5. The summed E-state index contributed by atoms with van der Waals surface area (Å²) in [6, 6.07) is 5.39. The fraction of sp³-hybridized carbons (Fsp3) is 0.500. The largest absolute Gasteiger partial charge is 0.497 e. The van der Waals surface area contributed by atoms with E-state index in [1.807, 2.05) is 19.9 Å². The molecule has 0 saturated carbocycles. The molecule has 5 nitrogen and oxygen atoms in total. The third-order valence-corrected chi connectivity index (χ3v) is 4.04. The van der Waals surface area contributed by atoms with Gasteiger partial charge in [-0.1, -0.05) is 34.1 Å². The summed E-state index contributed by atoms with van der Waals surface area (Å²) in [4.78, 5) is 29.4. The number of benzene rings is 1. The molecule has 0 spiro atoms. The summed E-state index contributed by atoms with van der Waals surface area (Å²) < 4.78 is 5.16. The molecule has 0 radical (unpaired) electrons. The zero-order valence-electron chi connectivity index (χ0n) is 16.2. The molecule has 2 aromatic rings. The number of nitrogens with one attached hydrogen (secondary N) is 1. The number of ether oxygens (including phenoxy) is 1. The van der Waals surface area contributed by atoms with Crippen LogP contribution in [0, 0.1) is 5.92 Å². The van der Waals surface area contributed by atoms with Gasteiger partial charge in [-0.25, -0.2) is 0 Å². The van der Waals surface area contributed by atoms with Gasteiger partial charge in [-0.15, -0.1) is 0 Å². The Kier molecular flexibility index (Phi) is 8.19. The average Bonchev–Trinajstić information content (AvgIpc) is 3.05. The molecule has 1 amide bonds. The van der Waals surface area contributed by atoms with Gasteiger partial charge in [0, 0.05) is 36.8 Å². The summed E-state index contributed by atoms with van der Waals surface area (Å²) in [6.07, 6.45) is 3.70. The van der Waals surface area contributed by atoms with Gasteiger partial charge in [-0.2, -0.15) is 0 Å². The average molecular weight is 346 g/mol. The SMILES string of the molecule is CC.CCCC(C)CN(C)C(=O)C(=O)c1c[nH]c2cc(OC)ccc12. The standard InChI is InChI=1S/C18H24N2O3.C2H6/c1-5-6-12(2)11-20(3)18(22)17(21)15-10-19-16-9-13(23-4)7-8-14(15)16;1-2/h7-10,12,19H,5-6,11H2,1-4H3;1-2H3. The van der Waals surface area contributed by atoms with Crippen LogP contribution in [0.4, 0.5) is 0 Å². The zero-order valence-corrected chi connectivity index (χ0v) is 16.2. The number of rotatable bonds is 7. The number of fused-ring (bicyclic) bond motifs is 1. The first-order valence-corrected chi connectivity index (χ1v) is 8.92. The van der Waals surface area contributed by atoms with Crippen molar-refractivity contribution in [1.29, 1.82) is 0 Å². The Hall–Kier alpha value is -2.30. The minimum Gasteiger partial charge on any atom is -0.497 e. The lowest BCUT2D eigenvalue weighted by molar-refractivity contribution is -0.125. The number of amides is 1. The highest BCUT2D eigenvalue weighted by Gasteiger charge is 2.24. The van der Waals surface area contributed by atoms with Crippen molar-refractivity contribution in [2.45, 2.75) is 40.5 Å². The number of hydrogen-bond acceptors (Lipinski definition) is 3. The van der Waals surface area contributed by atoms with Gasteiger partial charge in [-0.3, -0.25) is 9.59 Å². The number of aromatic amines is 1. The van der Waals surface area contributed by atoms with E-state index in [2.05, 4.69) is 18.8 Å². The van der Waals surface area contributed by atoms with Gasteiger partial charge in [0.25, 0.3) is 11.7 Å². The van der Waals surface area contributed by atoms with Crippen molar-refractivity contribution in [2.75, 3.05) is 20.7 Å². The van der Waals surface area contributed by atoms with E-state index in [1.165, 1.54) is 4.90 Å². The molecule has 1 N–H and O–H groups in total. The van der Waals surface area contributed by atoms with Crippen molar-refractivity contribution in [1.82, 2.24) is 9.88 Å². The summed E-state index contributed by atoms with van der Waals surface area (Å²) in [5.41, 5.74) is 1.19. The molecule has 0 aliphatic rings. The van der Waals surface area contributed by atoms with E-state index in [1.54, 1.807) is 32.5 Å². The monoisotopic (exact) mass is 346 g/mol. The summed E-state index contributed by atoms with van der Waals surface area (Å²) in [5.74, 6) is 0.140. The highest BCUT2D eigenvalue weighted by Crippen LogP contribution is 2.24. The maximum absolute atomic E-state index is 12.5. The number of carbonyl (C=O) groups is 2. The van der Waals surface area contributed by atoms with Gasteiger partial charge >= 0.3 is 0 Å². The predicted molar refractivity (Wildman–Crippen MR) is 102 cm³/mol. The Labute approximate surface area is 150 Å². The number of Topliss-reactive ketones (excluding diaryl/α,β-unsaturated/α-hetero) is 1. The molecular weight excluding hydrogens is 316 g/mol. The van der Waals surface area contributed by atoms with Crippen molar-refractivity contribution < 1.29 is 14.3 Å². The lowest BCUT2D eigenvalue weighted by atomic mass is 10.0. The lowest BCUT2D eigenvalue weighted by Crippen LogP contribution is -2.36. The van der Waals surface area contributed by atoms with Crippen molar-refractivity contribution in [2.24, 2.45) is 5.92 Å². The number of methoxy groups -OCH3 is 1. The second-order valence-corrected chi connectivity index (χ2v) is 6.02. The molecule has 1 aromatic heterocycles. The van der Waals surface area contributed by atoms with Crippen molar-refractivity contribution in [3.8, 4) is 5.75 Å². The molecule has 5 heteroatoms. The van der Waals surface area contributed by atoms with E-state index >= 15 is 0 Å². The Morgan fingerprint density at radius 3 is 2.56 bits per heavy atom. The summed E-state index contributed by atoms with van der Waals surface area (Å²) in [7, 11) is 3.27.